The standard InChI is InChI=1S/C18H16F2N2O3S2/c1-24-13-7-6-11(8-14(13)25-18(19)20)21-16(23)9-26-10-17-22-12-4-2-3-5-15(12)27-17/h2-8,18H,9-10H2,1H3,(H,21,23). The molecule has 0 spiro atoms. The molecular formula is C18H16F2N2O3S2. The lowest BCUT2D eigenvalue weighted by Gasteiger charge is -2.12. The number of aromatic nitrogens is 1. The van der Waals surface area contributed by atoms with Gasteiger partial charge in [0, 0.05) is 17.5 Å². The molecular weight excluding hydrogens is 394 g/mol. The lowest BCUT2D eigenvalue weighted by molar-refractivity contribution is -0.113. The highest BCUT2D eigenvalue weighted by Crippen LogP contribution is 2.31. The number of rotatable bonds is 8. The van der Waals surface area contributed by atoms with Crippen LogP contribution in [0.2, 0.25) is 0 Å². The molecule has 1 heterocycles. The summed E-state index contributed by atoms with van der Waals surface area (Å²) in [6.07, 6.45) is 0. The van der Waals surface area contributed by atoms with Gasteiger partial charge in [-0.15, -0.1) is 23.1 Å². The van der Waals surface area contributed by atoms with E-state index < -0.39 is 6.61 Å². The number of benzene rings is 2. The topological polar surface area (TPSA) is 60.5 Å². The van der Waals surface area contributed by atoms with Gasteiger partial charge in [0.15, 0.2) is 11.5 Å². The third-order valence-electron chi connectivity index (χ3n) is 3.46. The van der Waals surface area contributed by atoms with Gasteiger partial charge in [-0.1, -0.05) is 12.1 Å². The van der Waals surface area contributed by atoms with E-state index in [-0.39, 0.29) is 23.2 Å². The number of carbonyl (C=O) groups is 1. The van der Waals surface area contributed by atoms with Gasteiger partial charge in [-0.25, -0.2) is 4.98 Å². The molecule has 0 unspecified atom stereocenters. The van der Waals surface area contributed by atoms with E-state index in [0.29, 0.717) is 11.4 Å². The predicted octanol–water partition coefficient (Wildman–Crippen LogP) is 4.78. The van der Waals surface area contributed by atoms with E-state index in [1.54, 1.807) is 17.4 Å². The Morgan fingerprint density at radius 2 is 2.07 bits per heavy atom. The van der Waals surface area contributed by atoms with Crippen LogP contribution in [0.4, 0.5) is 14.5 Å². The number of nitrogens with zero attached hydrogens (tertiary/aromatic N) is 1. The maximum atomic E-state index is 12.5. The number of carbonyl (C=O) groups excluding carboxylic acids is 1. The van der Waals surface area contributed by atoms with Crippen LogP contribution in [-0.4, -0.2) is 30.4 Å². The fourth-order valence-corrected chi connectivity index (χ4v) is 4.20. The summed E-state index contributed by atoms with van der Waals surface area (Å²) in [6.45, 7) is -2.98. The highest BCUT2D eigenvalue weighted by Gasteiger charge is 2.13. The number of hydrogen-bond acceptors (Lipinski definition) is 6. The summed E-state index contributed by atoms with van der Waals surface area (Å²) < 4.78 is 35.4. The van der Waals surface area contributed by atoms with E-state index in [4.69, 9.17) is 4.74 Å². The Hall–Kier alpha value is -2.39. The summed E-state index contributed by atoms with van der Waals surface area (Å²) in [7, 11) is 1.35. The monoisotopic (exact) mass is 410 g/mol. The van der Waals surface area contributed by atoms with E-state index in [2.05, 4.69) is 15.0 Å². The van der Waals surface area contributed by atoms with E-state index in [9.17, 15) is 13.6 Å². The van der Waals surface area contributed by atoms with E-state index in [1.807, 2.05) is 24.3 Å². The van der Waals surface area contributed by atoms with Gasteiger partial charge in [0.25, 0.3) is 0 Å². The van der Waals surface area contributed by atoms with Crippen molar-refractivity contribution < 1.29 is 23.0 Å². The number of halogens is 2. The fraction of sp³-hybridized carbons (Fsp3) is 0.222. The Balaban J connectivity index is 1.54. The minimum Gasteiger partial charge on any atom is -0.493 e. The van der Waals surface area contributed by atoms with E-state index >= 15 is 0 Å². The summed E-state index contributed by atoms with van der Waals surface area (Å²) >= 11 is 3.03. The fourth-order valence-electron chi connectivity index (χ4n) is 2.35. The van der Waals surface area contributed by atoms with Crippen LogP contribution in [-0.2, 0) is 10.5 Å². The Kier molecular flexibility index (Phi) is 6.46. The molecule has 1 N–H and O–H groups in total. The van der Waals surface area contributed by atoms with Crippen molar-refractivity contribution in [3.8, 4) is 11.5 Å². The third-order valence-corrected chi connectivity index (χ3v) is 5.62. The van der Waals surface area contributed by atoms with Gasteiger partial charge in [0.1, 0.15) is 5.01 Å². The summed E-state index contributed by atoms with van der Waals surface area (Å²) in [5, 5.41) is 3.61. The second-order valence-electron chi connectivity index (χ2n) is 5.36. The Labute approximate surface area is 162 Å². The van der Waals surface area contributed by atoms with Crippen molar-refractivity contribution in [2.75, 3.05) is 18.2 Å². The average Bonchev–Trinajstić information content (AvgIpc) is 3.04. The molecule has 5 nitrogen and oxygen atoms in total. The molecule has 2 aromatic carbocycles. The lowest BCUT2D eigenvalue weighted by Crippen LogP contribution is -2.14. The number of alkyl halides is 2. The van der Waals surface area contributed by atoms with Crippen LogP contribution in [0.1, 0.15) is 5.01 Å². The number of ether oxygens (including phenoxy) is 2. The summed E-state index contributed by atoms with van der Waals surface area (Å²) in [6, 6.07) is 12.2. The van der Waals surface area contributed by atoms with Gasteiger partial charge in [0.2, 0.25) is 5.91 Å². The van der Waals surface area contributed by atoms with Gasteiger partial charge < -0.3 is 14.8 Å². The van der Waals surface area contributed by atoms with Crippen molar-refractivity contribution in [3.05, 3.63) is 47.5 Å². The zero-order valence-electron chi connectivity index (χ0n) is 14.3. The van der Waals surface area contributed by atoms with Gasteiger partial charge in [-0.05, 0) is 24.3 Å². The average molecular weight is 410 g/mol. The molecule has 1 amide bonds. The first-order valence-corrected chi connectivity index (χ1v) is 9.87. The molecule has 0 aliphatic rings. The van der Waals surface area contributed by atoms with Crippen LogP contribution < -0.4 is 14.8 Å². The van der Waals surface area contributed by atoms with Crippen LogP contribution in [0.5, 0.6) is 11.5 Å². The number of anilines is 1. The van der Waals surface area contributed by atoms with Gasteiger partial charge in [-0.3, -0.25) is 4.79 Å². The second-order valence-corrected chi connectivity index (χ2v) is 7.46. The maximum Gasteiger partial charge on any atom is 0.387 e. The maximum absolute atomic E-state index is 12.5. The van der Waals surface area contributed by atoms with Crippen LogP contribution in [0.15, 0.2) is 42.5 Å². The highest BCUT2D eigenvalue weighted by molar-refractivity contribution is 7.99. The molecule has 0 fully saturated rings. The van der Waals surface area contributed by atoms with Crippen molar-refractivity contribution in [2.45, 2.75) is 12.4 Å². The van der Waals surface area contributed by atoms with Crippen LogP contribution in [0, 0.1) is 0 Å². The number of thiazole rings is 1. The highest BCUT2D eigenvalue weighted by atomic mass is 32.2. The molecule has 0 aliphatic heterocycles. The number of thioether (sulfide) groups is 1. The molecule has 0 saturated carbocycles. The smallest absolute Gasteiger partial charge is 0.387 e. The first-order valence-electron chi connectivity index (χ1n) is 7.90. The second kappa shape index (κ2) is 9.01. The zero-order chi connectivity index (χ0) is 19.2. The van der Waals surface area contributed by atoms with Crippen LogP contribution in [0.3, 0.4) is 0 Å². The van der Waals surface area contributed by atoms with Crippen LogP contribution in [0.25, 0.3) is 10.2 Å². The van der Waals surface area contributed by atoms with Gasteiger partial charge in [-0.2, -0.15) is 8.78 Å². The quantitative estimate of drug-likeness (QED) is 0.579. The van der Waals surface area contributed by atoms with E-state index in [0.717, 1.165) is 15.2 Å². The number of fused-ring (bicyclic) bond motifs is 1. The largest absolute Gasteiger partial charge is 0.493 e. The molecule has 0 aliphatic carbocycles. The molecule has 9 heteroatoms. The molecule has 0 atom stereocenters. The number of hydrogen-bond donors (Lipinski definition) is 1. The molecule has 1 aromatic heterocycles. The molecule has 27 heavy (non-hydrogen) atoms. The third kappa shape index (κ3) is 5.30. The van der Waals surface area contributed by atoms with Gasteiger partial charge >= 0.3 is 6.61 Å². The molecule has 3 rings (SSSR count). The van der Waals surface area contributed by atoms with Crippen LogP contribution >= 0.6 is 23.1 Å². The van der Waals surface area contributed by atoms with E-state index in [1.165, 1.54) is 31.0 Å². The Morgan fingerprint density at radius 3 is 2.81 bits per heavy atom. The number of nitrogens with one attached hydrogen (secondary N) is 1. The van der Waals surface area contributed by atoms with Crippen molar-refractivity contribution in [2.24, 2.45) is 0 Å². The van der Waals surface area contributed by atoms with Crippen molar-refractivity contribution >= 4 is 44.9 Å². The first-order chi connectivity index (χ1) is 13.0. The summed E-state index contributed by atoms with van der Waals surface area (Å²) in [4.78, 5) is 16.6. The molecule has 3 aromatic rings. The number of methoxy groups -OCH3 is 1. The Morgan fingerprint density at radius 1 is 1.26 bits per heavy atom. The summed E-state index contributed by atoms with van der Waals surface area (Å²) in [5.74, 6) is 0.627. The molecule has 142 valence electrons. The zero-order valence-corrected chi connectivity index (χ0v) is 15.9. The van der Waals surface area contributed by atoms with Crippen molar-refractivity contribution in [1.29, 1.82) is 0 Å². The SMILES string of the molecule is COc1ccc(NC(=O)CSCc2nc3ccccc3s2)cc1OC(F)F. The van der Waals surface area contributed by atoms with Crippen molar-refractivity contribution in [3.63, 3.8) is 0 Å². The minimum absolute atomic E-state index is 0.132. The summed E-state index contributed by atoms with van der Waals surface area (Å²) in [5.41, 5.74) is 1.31. The molecule has 0 bridgehead atoms. The van der Waals surface area contributed by atoms with Gasteiger partial charge in [0.05, 0.1) is 23.1 Å². The number of amides is 1. The van der Waals surface area contributed by atoms with Crippen molar-refractivity contribution in [1.82, 2.24) is 4.98 Å². The Bertz CT molecular complexity index is 901. The minimum atomic E-state index is -2.98. The lowest BCUT2D eigenvalue weighted by atomic mass is 10.2. The normalized spacial score (nSPS) is 11.0. The number of para-hydroxylation sites is 1. The molecule has 0 saturated heterocycles. The molecule has 0 radical (unpaired) electrons. The predicted molar refractivity (Wildman–Crippen MR) is 104 cm³/mol. The first kappa shape index (κ1) is 19.4.